The zero-order valence-electron chi connectivity index (χ0n) is 11.5. The van der Waals surface area contributed by atoms with E-state index >= 15 is 0 Å². The normalized spacial score (nSPS) is 18.1. The Balaban J connectivity index is 1.89. The van der Waals surface area contributed by atoms with Gasteiger partial charge in [-0.1, -0.05) is 11.8 Å². The Hall–Kier alpha value is -1.54. The van der Waals surface area contributed by atoms with Gasteiger partial charge in [-0.2, -0.15) is 5.10 Å². The molecular weight excluding hydrogens is 276 g/mol. The highest BCUT2D eigenvalue weighted by Crippen LogP contribution is 2.40. The summed E-state index contributed by atoms with van der Waals surface area (Å²) in [6.07, 6.45) is 5.85. The summed E-state index contributed by atoms with van der Waals surface area (Å²) in [7, 11) is 1.88. The molecule has 0 saturated heterocycles. The number of aromatic nitrogens is 5. The first-order valence-electron chi connectivity index (χ1n) is 6.64. The summed E-state index contributed by atoms with van der Waals surface area (Å²) in [6, 6.07) is 0.232. The van der Waals surface area contributed by atoms with Crippen LogP contribution in [0.25, 0.3) is 0 Å². The molecule has 2 heterocycles. The van der Waals surface area contributed by atoms with E-state index < -0.39 is 0 Å². The predicted molar refractivity (Wildman–Crippen MR) is 76.6 cm³/mol. The second kappa shape index (κ2) is 5.10. The highest BCUT2D eigenvalue weighted by Gasteiger charge is 2.30. The molecule has 1 saturated carbocycles. The quantitative estimate of drug-likeness (QED) is 0.796. The van der Waals surface area contributed by atoms with Crippen molar-refractivity contribution in [3.05, 3.63) is 28.4 Å². The maximum Gasteiger partial charge on any atom is 0.344 e. The molecule has 1 aliphatic rings. The van der Waals surface area contributed by atoms with E-state index in [4.69, 9.17) is 5.73 Å². The lowest BCUT2D eigenvalue weighted by molar-refractivity contribution is 0.636. The molecule has 3 rings (SSSR count). The number of aryl methyl sites for hydroxylation is 1. The Kier molecular flexibility index (Phi) is 3.43. The largest absolute Gasteiger partial charge is 0.344 e. The van der Waals surface area contributed by atoms with Crippen LogP contribution in [0.3, 0.4) is 0 Å². The summed E-state index contributed by atoms with van der Waals surface area (Å²) in [6.45, 7) is 1.96. The molecule has 0 aliphatic heterocycles. The molecule has 2 aromatic rings. The lowest BCUT2D eigenvalue weighted by Crippen LogP contribution is -2.23. The van der Waals surface area contributed by atoms with E-state index in [1.165, 1.54) is 11.8 Å². The van der Waals surface area contributed by atoms with Gasteiger partial charge in [0.2, 0.25) is 0 Å². The van der Waals surface area contributed by atoms with Gasteiger partial charge in [-0.25, -0.2) is 9.89 Å². The third-order valence-corrected chi connectivity index (χ3v) is 4.80. The number of hydrogen-bond acceptors (Lipinski definition) is 5. The minimum absolute atomic E-state index is 0.0244. The van der Waals surface area contributed by atoms with E-state index in [1.54, 1.807) is 9.25 Å². The van der Waals surface area contributed by atoms with E-state index in [0.29, 0.717) is 11.2 Å². The molecule has 7 nitrogen and oxygen atoms in total. The standard InChI is InChI=1S/C12H18N6OS/c1-7(13)10(8-5-14-17(2)6-8)20-12-16-15-11(19)18(12)9-3-4-9/h5-7,9-10H,3-4,13H2,1-2H3,(H,15,19). The summed E-state index contributed by atoms with van der Waals surface area (Å²) in [5, 5.41) is 11.6. The van der Waals surface area contributed by atoms with Gasteiger partial charge >= 0.3 is 5.69 Å². The average Bonchev–Trinajstić information content (AvgIpc) is 3.03. The van der Waals surface area contributed by atoms with Crippen LogP contribution in [-0.2, 0) is 7.05 Å². The topological polar surface area (TPSA) is 94.5 Å². The van der Waals surface area contributed by atoms with E-state index in [-0.39, 0.29) is 17.0 Å². The number of rotatable bonds is 5. The molecule has 108 valence electrons. The van der Waals surface area contributed by atoms with Crippen molar-refractivity contribution in [3.8, 4) is 0 Å². The maximum atomic E-state index is 11.8. The Bertz CT molecular complexity index is 653. The molecule has 0 amide bonds. The smallest absolute Gasteiger partial charge is 0.327 e. The van der Waals surface area contributed by atoms with Crippen LogP contribution in [0.15, 0.2) is 22.3 Å². The molecule has 8 heteroatoms. The third-order valence-electron chi connectivity index (χ3n) is 3.35. The van der Waals surface area contributed by atoms with Crippen molar-refractivity contribution in [2.75, 3.05) is 0 Å². The monoisotopic (exact) mass is 294 g/mol. The van der Waals surface area contributed by atoms with Gasteiger partial charge in [-0.15, -0.1) is 5.10 Å². The van der Waals surface area contributed by atoms with Crippen molar-refractivity contribution in [1.29, 1.82) is 0 Å². The van der Waals surface area contributed by atoms with Crippen LogP contribution in [-0.4, -0.2) is 30.6 Å². The molecule has 20 heavy (non-hydrogen) atoms. The lowest BCUT2D eigenvalue weighted by Gasteiger charge is -2.18. The van der Waals surface area contributed by atoms with Gasteiger partial charge in [0.1, 0.15) is 0 Å². The van der Waals surface area contributed by atoms with Crippen molar-refractivity contribution >= 4 is 11.8 Å². The predicted octanol–water partition coefficient (Wildman–Crippen LogP) is 0.820. The molecule has 1 aliphatic carbocycles. The molecule has 2 atom stereocenters. The minimum atomic E-state index is -0.135. The van der Waals surface area contributed by atoms with Crippen LogP contribution >= 0.6 is 11.8 Å². The van der Waals surface area contributed by atoms with Crippen molar-refractivity contribution in [1.82, 2.24) is 24.5 Å². The second-order valence-electron chi connectivity index (χ2n) is 5.26. The van der Waals surface area contributed by atoms with Gasteiger partial charge in [-0.3, -0.25) is 9.25 Å². The van der Waals surface area contributed by atoms with Gasteiger partial charge in [-0.05, 0) is 19.8 Å². The number of aromatic amines is 1. The second-order valence-corrected chi connectivity index (χ2v) is 6.37. The van der Waals surface area contributed by atoms with E-state index in [9.17, 15) is 4.79 Å². The van der Waals surface area contributed by atoms with Crippen LogP contribution < -0.4 is 11.4 Å². The summed E-state index contributed by atoms with van der Waals surface area (Å²) in [5.74, 6) is 0. The van der Waals surface area contributed by atoms with Crippen molar-refractivity contribution in [2.45, 2.75) is 42.3 Å². The first-order chi connectivity index (χ1) is 9.56. The Labute approximate surface area is 120 Å². The molecule has 0 bridgehead atoms. The van der Waals surface area contributed by atoms with Crippen LogP contribution in [0.4, 0.5) is 0 Å². The van der Waals surface area contributed by atoms with E-state index in [2.05, 4.69) is 15.3 Å². The maximum absolute atomic E-state index is 11.8. The Morgan fingerprint density at radius 1 is 1.55 bits per heavy atom. The first kappa shape index (κ1) is 13.4. The number of H-pyrrole nitrogens is 1. The molecule has 0 radical (unpaired) electrons. The zero-order chi connectivity index (χ0) is 14.3. The van der Waals surface area contributed by atoms with Crippen LogP contribution in [0, 0.1) is 0 Å². The van der Waals surface area contributed by atoms with Gasteiger partial charge in [0.05, 0.1) is 11.4 Å². The number of hydrogen-bond donors (Lipinski definition) is 2. The fourth-order valence-electron chi connectivity index (χ4n) is 2.21. The first-order valence-corrected chi connectivity index (χ1v) is 7.52. The van der Waals surface area contributed by atoms with Crippen LogP contribution in [0.1, 0.15) is 36.6 Å². The SMILES string of the molecule is CC(N)C(Sc1n[nH]c(=O)n1C1CC1)c1cnn(C)c1. The van der Waals surface area contributed by atoms with E-state index in [0.717, 1.165) is 18.4 Å². The van der Waals surface area contributed by atoms with Crippen molar-refractivity contribution < 1.29 is 0 Å². The molecule has 2 aromatic heterocycles. The van der Waals surface area contributed by atoms with Crippen molar-refractivity contribution in [3.63, 3.8) is 0 Å². The summed E-state index contributed by atoms with van der Waals surface area (Å²) in [4.78, 5) is 11.8. The molecular formula is C12H18N6OS. The van der Waals surface area contributed by atoms with E-state index in [1.807, 2.05) is 26.4 Å². The molecule has 2 unspecified atom stereocenters. The number of thioether (sulfide) groups is 1. The molecule has 3 N–H and O–H groups in total. The lowest BCUT2D eigenvalue weighted by atomic mass is 10.1. The average molecular weight is 294 g/mol. The fourth-order valence-corrected chi connectivity index (χ4v) is 3.35. The highest BCUT2D eigenvalue weighted by molar-refractivity contribution is 7.99. The fraction of sp³-hybridized carbons (Fsp3) is 0.583. The van der Waals surface area contributed by atoms with Crippen molar-refractivity contribution in [2.24, 2.45) is 12.8 Å². The summed E-state index contributed by atoms with van der Waals surface area (Å²) in [5.41, 5.74) is 7.00. The zero-order valence-corrected chi connectivity index (χ0v) is 12.3. The Morgan fingerprint density at radius 2 is 2.30 bits per heavy atom. The summed E-state index contributed by atoms with van der Waals surface area (Å²) >= 11 is 1.52. The summed E-state index contributed by atoms with van der Waals surface area (Å²) < 4.78 is 3.50. The molecule has 0 aromatic carbocycles. The molecule has 1 fully saturated rings. The third kappa shape index (κ3) is 2.53. The molecule has 0 spiro atoms. The number of nitrogens with zero attached hydrogens (tertiary/aromatic N) is 4. The Morgan fingerprint density at radius 3 is 2.85 bits per heavy atom. The number of nitrogens with two attached hydrogens (primary N) is 1. The van der Waals surface area contributed by atoms with Crippen LogP contribution in [0.2, 0.25) is 0 Å². The van der Waals surface area contributed by atoms with Gasteiger partial charge in [0.15, 0.2) is 5.16 Å². The van der Waals surface area contributed by atoms with Crippen LogP contribution in [0.5, 0.6) is 0 Å². The van der Waals surface area contributed by atoms with Gasteiger partial charge in [0, 0.05) is 30.9 Å². The van der Waals surface area contributed by atoms with Gasteiger partial charge in [0.25, 0.3) is 0 Å². The minimum Gasteiger partial charge on any atom is -0.327 e. The highest BCUT2D eigenvalue weighted by atomic mass is 32.2. The van der Waals surface area contributed by atoms with Gasteiger partial charge < -0.3 is 5.73 Å². The number of nitrogens with one attached hydrogen (secondary N) is 1.